The van der Waals surface area contributed by atoms with Crippen LogP contribution >= 0.6 is 11.8 Å². The zero-order chi connectivity index (χ0) is 16.1. The number of rotatable bonds is 1. The summed E-state index contributed by atoms with van der Waals surface area (Å²) in [6.45, 7) is 0. The van der Waals surface area contributed by atoms with E-state index in [0.717, 1.165) is 33.5 Å². The van der Waals surface area contributed by atoms with Crippen molar-refractivity contribution in [1.82, 2.24) is 5.32 Å². The van der Waals surface area contributed by atoms with Crippen LogP contribution in [0.3, 0.4) is 0 Å². The van der Waals surface area contributed by atoms with Crippen LogP contribution in [0.15, 0.2) is 58.3 Å². The van der Waals surface area contributed by atoms with Gasteiger partial charge < -0.3 is 5.32 Å². The van der Waals surface area contributed by atoms with Crippen LogP contribution in [0.1, 0.15) is 25.7 Å². The number of benzene rings is 2. The Morgan fingerprint density at radius 1 is 0.958 bits per heavy atom. The Hall–Kier alpha value is -1.94. The van der Waals surface area contributed by atoms with Gasteiger partial charge in [-0.3, -0.25) is 4.90 Å². The van der Waals surface area contributed by atoms with Gasteiger partial charge in [0.1, 0.15) is 0 Å². The third-order valence-corrected chi connectivity index (χ3v) is 6.81. The largest absolute Gasteiger partial charge is 0.334 e. The first kappa shape index (κ1) is 14.4. The SMILES string of the molecule is O=C(N[C@@H]1C[C@@H]2CC[C@@H]1C2)N1c2ccccc2Sc2ccccc21. The molecule has 24 heavy (non-hydrogen) atoms. The fraction of sp³-hybridized carbons (Fsp3) is 0.350. The van der Waals surface area contributed by atoms with Crippen molar-refractivity contribution < 1.29 is 4.79 Å². The highest BCUT2D eigenvalue weighted by Crippen LogP contribution is 2.48. The summed E-state index contributed by atoms with van der Waals surface area (Å²) >= 11 is 1.74. The second-order valence-corrected chi connectivity index (χ2v) is 8.19. The maximum atomic E-state index is 13.2. The zero-order valence-corrected chi connectivity index (χ0v) is 14.3. The standard InChI is InChI=1S/C20H20N2OS/c23-20(21-15-12-13-9-10-14(15)11-13)22-16-5-1-3-7-18(16)24-19-8-4-2-6-17(19)22/h1-8,13-15H,9-12H2,(H,21,23)/t13-,14-,15-/m1/s1. The maximum Gasteiger partial charge on any atom is 0.326 e. The Kier molecular flexibility index (Phi) is 3.33. The molecule has 0 radical (unpaired) electrons. The van der Waals surface area contributed by atoms with E-state index >= 15 is 0 Å². The van der Waals surface area contributed by atoms with Crippen molar-refractivity contribution in [3.8, 4) is 0 Å². The van der Waals surface area contributed by atoms with E-state index in [1.807, 2.05) is 41.3 Å². The number of amides is 2. The van der Waals surface area contributed by atoms with Crippen LogP contribution in [0.5, 0.6) is 0 Å². The average Bonchev–Trinajstić information content (AvgIpc) is 3.22. The lowest BCUT2D eigenvalue weighted by Crippen LogP contribution is -2.45. The van der Waals surface area contributed by atoms with Crippen molar-refractivity contribution in [3.63, 3.8) is 0 Å². The normalized spacial score (nSPS) is 26.8. The van der Waals surface area contributed by atoms with Gasteiger partial charge in [0.25, 0.3) is 0 Å². The number of nitrogens with one attached hydrogen (secondary N) is 1. The monoisotopic (exact) mass is 336 g/mol. The molecule has 2 aliphatic carbocycles. The molecular weight excluding hydrogens is 316 g/mol. The first-order valence-corrected chi connectivity index (χ1v) is 9.58. The van der Waals surface area contributed by atoms with Gasteiger partial charge in [-0.05, 0) is 55.4 Å². The van der Waals surface area contributed by atoms with E-state index in [-0.39, 0.29) is 6.03 Å². The summed E-state index contributed by atoms with van der Waals surface area (Å²) in [6.07, 6.45) is 5.08. The van der Waals surface area contributed by atoms with Crippen molar-refractivity contribution >= 4 is 29.2 Å². The lowest BCUT2D eigenvalue weighted by Gasteiger charge is -2.33. The number of hydrogen-bond donors (Lipinski definition) is 1. The van der Waals surface area contributed by atoms with Gasteiger partial charge in [-0.25, -0.2) is 4.79 Å². The minimum Gasteiger partial charge on any atom is -0.334 e. The van der Waals surface area contributed by atoms with Crippen molar-refractivity contribution in [3.05, 3.63) is 48.5 Å². The first-order chi connectivity index (χ1) is 11.8. The summed E-state index contributed by atoms with van der Waals surface area (Å²) in [5, 5.41) is 3.34. The summed E-state index contributed by atoms with van der Waals surface area (Å²) in [6, 6.07) is 16.7. The van der Waals surface area contributed by atoms with Gasteiger partial charge >= 0.3 is 6.03 Å². The Balaban J connectivity index is 1.49. The van der Waals surface area contributed by atoms with Crippen LogP contribution in [-0.2, 0) is 0 Å². The van der Waals surface area contributed by atoms with Crippen molar-refractivity contribution in [1.29, 1.82) is 0 Å². The number of nitrogens with zero attached hydrogens (tertiary/aromatic N) is 1. The van der Waals surface area contributed by atoms with Gasteiger partial charge in [-0.2, -0.15) is 0 Å². The zero-order valence-electron chi connectivity index (χ0n) is 13.4. The van der Waals surface area contributed by atoms with Crippen LogP contribution in [-0.4, -0.2) is 12.1 Å². The molecule has 0 unspecified atom stereocenters. The molecule has 5 rings (SSSR count). The topological polar surface area (TPSA) is 32.3 Å². The van der Waals surface area contributed by atoms with Crippen LogP contribution < -0.4 is 10.2 Å². The van der Waals surface area contributed by atoms with E-state index < -0.39 is 0 Å². The van der Waals surface area contributed by atoms with E-state index in [2.05, 4.69) is 17.4 Å². The summed E-state index contributed by atoms with van der Waals surface area (Å²) in [5.41, 5.74) is 1.98. The van der Waals surface area contributed by atoms with Gasteiger partial charge in [0.2, 0.25) is 0 Å². The third-order valence-electron chi connectivity index (χ3n) is 5.68. The molecule has 0 aromatic heterocycles. The number of hydrogen-bond acceptors (Lipinski definition) is 2. The number of carbonyl (C=O) groups is 1. The molecule has 122 valence electrons. The van der Waals surface area contributed by atoms with Gasteiger partial charge in [0.05, 0.1) is 11.4 Å². The second-order valence-electron chi connectivity index (χ2n) is 7.10. The van der Waals surface area contributed by atoms with E-state index in [4.69, 9.17) is 0 Å². The highest BCUT2D eigenvalue weighted by Gasteiger charge is 2.41. The van der Waals surface area contributed by atoms with Crippen LogP contribution in [0, 0.1) is 11.8 Å². The summed E-state index contributed by atoms with van der Waals surface area (Å²) in [5.74, 6) is 1.51. The molecule has 2 bridgehead atoms. The highest BCUT2D eigenvalue weighted by molar-refractivity contribution is 7.99. The van der Waals surface area contributed by atoms with E-state index in [9.17, 15) is 4.79 Å². The van der Waals surface area contributed by atoms with E-state index in [0.29, 0.717) is 12.0 Å². The van der Waals surface area contributed by atoms with Gasteiger partial charge in [0, 0.05) is 15.8 Å². The molecule has 3 nitrogen and oxygen atoms in total. The molecule has 2 saturated carbocycles. The predicted molar refractivity (Wildman–Crippen MR) is 96.9 cm³/mol. The van der Waals surface area contributed by atoms with Crippen molar-refractivity contribution in [2.75, 3.05) is 4.90 Å². The van der Waals surface area contributed by atoms with Crippen LogP contribution in [0.4, 0.5) is 16.2 Å². The highest BCUT2D eigenvalue weighted by atomic mass is 32.2. The fourth-order valence-corrected chi connectivity index (χ4v) is 5.63. The minimum atomic E-state index is 0.0211. The summed E-state index contributed by atoms with van der Waals surface area (Å²) < 4.78 is 0. The number of urea groups is 1. The van der Waals surface area contributed by atoms with E-state index in [1.54, 1.807) is 11.8 Å². The lowest BCUT2D eigenvalue weighted by molar-refractivity contribution is 0.238. The molecule has 4 heteroatoms. The molecule has 0 saturated heterocycles. The van der Waals surface area contributed by atoms with Crippen LogP contribution in [0.25, 0.3) is 0 Å². The minimum absolute atomic E-state index is 0.0211. The summed E-state index contributed by atoms with van der Waals surface area (Å²) in [7, 11) is 0. The van der Waals surface area contributed by atoms with E-state index in [1.165, 1.54) is 19.3 Å². The number of anilines is 2. The first-order valence-electron chi connectivity index (χ1n) is 8.76. The lowest BCUT2D eigenvalue weighted by atomic mass is 9.95. The Morgan fingerprint density at radius 2 is 1.62 bits per heavy atom. The molecule has 0 spiro atoms. The van der Waals surface area contributed by atoms with Crippen molar-refractivity contribution in [2.24, 2.45) is 11.8 Å². The maximum absolute atomic E-state index is 13.2. The van der Waals surface area contributed by atoms with Crippen LogP contribution in [0.2, 0.25) is 0 Å². The number of fused-ring (bicyclic) bond motifs is 4. The quantitative estimate of drug-likeness (QED) is 0.777. The molecule has 1 aliphatic heterocycles. The van der Waals surface area contributed by atoms with Gasteiger partial charge in [-0.15, -0.1) is 0 Å². The molecule has 3 atom stereocenters. The second kappa shape index (κ2) is 5.55. The molecule has 1 N–H and O–H groups in total. The molecule has 3 aliphatic rings. The number of carbonyl (C=O) groups excluding carboxylic acids is 1. The van der Waals surface area contributed by atoms with Gasteiger partial charge in [0.15, 0.2) is 0 Å². The average molecular weight is 336 g/mol. The van der Waals surface area contributed by atoms with Crippen molar-refractivity contribution in [2.45, 2.75) is 41.5 Å². The molecule has 2 aromatic rings. The Bertz CT molecular complexity index is 760. The molecular formula is C20H20N2OS. The molecule has 2 amide bonds. The molecule has 2 aromatic carbocycles. The fourth-order valence-electron chi connectivity index (χ4n) is 4.57. The predicted octanol–water partition coefficient (Wildman–Crippen LogP) is 5.19. The summed E-state index contributed by atoms with van der Waals surface area (Å²) in [4.78, 5) is 17.3. The third kappa shape index (κ3) is 2.24. The molecule has 2 fully saturated rings. The Morgan fingerprint density at radius 3 is 2.21 bits per heavy atom. The molecule has 1 heterocycles. The number of para-hydroxylation sites is 2. The Labute approximate surface area is 146 Å². The van der Waals surface area contributed by atoms with Gasteiger partial charge in [-0.1, -0.05) is 42.4 Å². The smallest absolute Gasteiger partial charge is 0.326 e.